The summed E-state index contributed by atoms with van der Waals surface area (Å²) >= 11 is 0. The highest BCUT2D eigenvalue weighted by Gasteiger charge is 2.18. The number of nitrogens with one attached hydrogen (secondary N) is 2. The normalized spacial score (nSPS) is 10.4. The summed E-state index contributed by atoms with van der Waals surface area (Å²) in [5, 5.41) is 20.1. The first kappa shape index (κ1) is 19.0. The van der Waals surface area contributed by atoms with Gasteiger partial charge in [-0.3, -0.25) is 5.32 Å². The summed E-state index contributed by atoms with van der Waals surface area (Å²) in [7, 11) is 1.58. The van der Waals surface area contributed by atoms with Gasteiger partial charge in [0.25, 0.3) is 0 Å². The number of rotatable bonds is 4. The lowest BCUT2D eigenvalue weighted by molar-refractivity contribution is 0.262. The Morgan fingerprint density at radius 3 is 2.67 bits per heavy atom. The molecule has 0 spiro atoms. The van der Waals surface area contributed by atoms with Crippen LogP contribution in [-0.4, -0.2) is 27.9 Å². The highest BCUT2D eigenvalue weighted by Crippen LogP contribution is 2.29. The summed E-state index contributed by atoms with van der Waals surface area (Å²) in [5.41, 5.74) is 2.48. The Labute approximate surface area is 172 Å². The van der Waals surface area contributed by atoms with Crippen LogP contribution in [0.2, 0.25) is 0 Å². The fraction of sp³-hybridized carbons (Fsp3) is 0.0909. The fourth-order valence-corrected chi connectivity index (χ4v) is 3.16. The first-order valence-electron chi connectivity index (χ1n) is 9.16. The minimum atomic E-state index is -0.491. The standard InChI is InChI=1S/C22H18N6O2/c1-14-11-19(26-20-17(14)9-6-10-18(20)30-2)28-21(15(12-23)13-24-28)27-22(29)25-16-7-4-3-5-8-16/h3-11,13H,1-2H3,(H2,25,27,29). The summed E-state index contributed by atoms with van der Waals surface area (Å²) in [5.74, 6) is 1.31. The lowest BCUT2D eigenvalue weighted by Gasteiger charge is -2.13. The molecule has 148 valence electrons. The predicted octanol–water partition coefficient (Wildman–Crippen LogP) is 4.25. The molecule has 0 radical (unpaired) electrons. The number of hydrogen-bond donors (Lipinski definition) is 2. The predicted molar refractivity (Wildman–Crippen MR) is 114 cm³/mol. The molecule has 4 aromatic rings. The van der Waals surface area contributed by atoms with Gasteiger partial charge in [0.2, 0.25) is 0 Å². The maximum Gasteiger partial charge on any atom is 0.324 e. The number of nitriles is 1. The van der Waals surface area contributed by atoms with Crippen LogP contribution >= 0.6 is 0 Å². The Hall–Kier alpha value is -4.38. The Bertz CT molecular complexity index is 1270. The number of aryl methyl sites for hydroxylation is 1. The van der Waals surface area contributed by atoms with Crippen LogP contribution in [0, 0.1) is 18.3 Å². The average molecular weight is 398 g/mol. The minimum Gasteiger partial charge on any atom is -0.494 e. The molecule has 0 saturated carbocycles. The van der Waals surface area contributed by atoms with Gasteiger partial charge in [0.05, 0.1) is 13.3 Å². The topological polar surface area (TPSA) is 105 Å². The summed E-state index contributed by atoms with van der Waals surface area (Å²) in [6.45, 7) is 1.96. The van der Waals surface area contributed by atoms with Gasteiger partial charge in [0, 0.05) is 11.1 Å². The van der Waals surface area contributed by atoms with Gasteiger partial charge in [-0.2, -0.15) is 15.0 Å². The lowest BCUT2D eigenvalue weighted by atomic mass is 10.1. The highest BCUT2D eigenvalue weighted by atomic mass is 16.5. The van der Waals surface area contributed by atoms with Crippen molar-refractivity contribution in [1.29, 1.82) is 5.26 Å². The molecule has 30 heavy (non-hydrogen) atoms. The number of nitrogens with zero attached hydrogens (tertiary/aromatic N) is 4. The smallest absolute Gasteiger partial charge is 0.324 e. The molecule has 0 aliphatic carbocycles. The molecule has 2 aromatic heterocycles. The zero-order chi connectivity index (χ0) is 21.1. The van der Waals surface area contributed by atoms with E-state index in [-0.39, 0.29) is 11.4 Å². The van der Waals surface area contributed by atoms with Crippen molar-refractivity contribution in [3.63, 3.8) is 0 Å². The van der Waals surface area contributed by atoms with E-state index in [1.165, 1.54) is 10.9 Å². The van der Waals surface area contributed by atoms with Gasteiger partial charge in [-0.1, -0.05) is 30.3 Å². The van der Waals surface area contributed by atoms with Gasteiger partial charge in [-0.15, -0.1) is 0 Å². The number of benzene rings is 2. The highest BCUT2D eigenvalue weighted by molar-refractivity contribution is 6.00. The Balaban J connectivity index is 1.75. The van der Waals surface area contributed by atoms with E-state index in [0.717, 1.165) is 10.9 Å². The largest absolute Gasteiger partial charge is 0.494 e. The molecule has 8 nitrogen and oxygen atoms in total. The number of hydrogen-bond acceptors (Lipinski definition) is 5. The molecule has 0 aliphatic rings. The molecule has 4 rings (SSSR count). The van der Waals surface area contributed by atoms with Gasteiger partial charge < -0.3 is 10.1 Å². The van der Waals surface area contributed by atoms with Crippen molar-refractivity contribution in [2.45, 2.75) is 6.92 Å². The number of methoxy groups -OCH3 is 1. The molecular formula is C22H18N6O2. The molecule has 0 unspecified atom stereocenters. The average Bonchev–Trinajstić information content (AvgIpc) is 3.16. The van der Waals surface area contributed by atoms with E-state index in [9.17, 15) is 10.1 Å². The van der Waals surface area contributed by atoms with E-state index in [2.05, 4.69) is 26.8 Å². The number of para-hydroxylation sites is 2. The maximum absolute atomic E-state index is 12.5. The van der Waals surface area contributed by atoms with Crippen LogP contribution < -0.4 is 15.4 Å². The Morgan fingerprint density at radius 2 is 1.93 bits per heavy atom. The van der Waals surface area contributed by atoms with Crippen LogP contribution in [0.1, 0.15) is 11.1 Å². The molecule has 0 saturated heterocycles. The zero-order valence-electron chi connectivity index (χ0n) is 16.4. The first-order valence-corrected chi connectivity index (χ1v) is 9.16. The third-order valence-corrected chi connectivity index (χ3v) is 4.59. The quantitative estimate of drug-likeness (QED) is 0.535. The maximum atomic E-state index is 12.5. The number of carbonyl (C=O) groups is 1. The summed E-state index contributed by atoms with van der Waals surface area (Å²) in [6.07, 6.45) is 1.39. The first-order chi connectivity index (χ1) is 14.6. The third kappa shape index (κ3) is 3.52. The summed E-state index contributed by atoms with van der Waals surface area (Å²) in [6, 6.07) is 18.1. The molecule has 2 amide bonds. The molecule has 0 bridgehead atoms. The van der Waals surface area contributed by atoms with E-state index in [1.54, 1.807) is 19.2 Å². The van der Waals surface area contributed by atoms with Gasteiger partial charge in [0.1, 0.15) is 22.9 Å². The number of anilines is 2. The second-order valence-electron chi connectivity index (χ2n) is 6.53. The Kier molecular flexibility index (Phi) is 5.01. The molecule has 2 aromatic carbocycles. The van der Waals surface area contributed by atoms with Crippen molar-refractivity contribution in [3.8, 4) is 17.6 Å². The van der Waals surface area contributed by atoms with Crippen LogP contribution in [0.5, 0.6) is 5.75 Å². The van der Waals surface area contributed by atoms with Crippen LogP contribution in [0.3, 0.4) is 0 Å². The number of aromatic nitrogens is 3. The van der Waals surface area contributed by atoms with Crippen molar-refractivity contribution in [3.05, 3.63) is 71.9 Å². The van der Waals surface area contributed by atoms with Crippen LogP contribution in [0.15, 0.2) is 60.8 Å². The number of urea groups is 1. The number of ether oxygens (including phenoxy) is 1. The summed E-state index contributed by atoms with van der Waals surface area (Å²) in [4.78, 5) is 17.2. The van der Waals surface area contributed by atoms with Crippen molar-refractivity contribution < 1.29 is 9.53 Å². The zero-order valence-corrected chi connectivity index (χ0v) is 16.4. The molecule has 0 atom stereocenters. The van der Waals surface area contributed by atoms with Crippen molar-refractivity contribution in [2.75, 3.05) is 17.7 Å². The van der Waals surface area contributed by atoms with Crippen LogP contribution in [0.4, 0.5) is 16.3 Å². The molecule has 0 aliphatic heterocycles. The van der Waals surface area contributed by atoms with Gasteiger partial charge in [-0.05, 0) is 36.8 Å². The SMILES string of the molecule is COc1cccc2c(C)cc(-n3ncc(C#N)c3NC(=O)Nc3ccccc3)nc12. The van der Waals surface area contributed by atoms with Gasteiger partial charge in [-0.25, -0.2) is 9.78 Å². The lowest BCUT2D eigenvalue weighted by Crippen LogP contribution is -2.22. The third-order valence-electron chi connectivity index (χ3n) is 4.59. The molecular weight excluding hydrogens is 380 g/mol. The fourth-order valence-electron chi connectivity index (χ4n) is 3.16. The number of carbonyl (C=O) groups excluding carboxylic acids is 1. The molecule has 2 heterocycles. The van der Waals surface area contributed by atoms with E-state index in [0.29, 0.717) is 22.8 Å². The molecule has 8 heteroatoms. The minimum absolute atomic E-state index is 0.220. The van der Waals surface area contributed by atoms with E-state index in [1.807, 2.05) is 49.4 Å². The molecule has 2 N–H and O–H groups in total. The van der Waals surface area contributed by atoms with Crippen LogP contribution in [-0.2, 0) is 0 Å². The van der Waals surface area contributed by atoms with E-state index in [4.69, 9.17) is 4.74 Å². The van der Waals surface area contributed by atoms with Gasteiger partial charge in [0.15, 0.2) is 11.6 Å². The van der Waals surface area contributed by atoms with Crippen molar-refractivity contribution in [2.24, 2.45) is 0 Å². The number of amides is 2. The Morgan fingerprint density at radius 1 is 1.13 bits per heavy atom. The number of fused-ring (bicyclic) bond motifs is 1. The van der Waals surface area contributed by atoms with Crippen molar-refractivity contribution >= 4 is 28.4 Å². The number of pyridine rings is 1. The van der Waals surface area contributed by atoms with E-state index >= 15 is 0 Å². The second-order valence-corrected chi connectivity index (χ2v) is 6.53. The van der Waals surface area contributed by atoms with Crippen molar-refractivity contribution in [1.82, 2.24) is 14.8 Å². The summed E-state index contributed by atoms with van der Waals surface area (Å²) < 4.78 is 6.87. The van der Waals surface area contributed by atoms with Crippen LogP contribution in [0.25, 0.3) is 16.7 Å². The van der Waals surface area contributed by atoms with Gasteiger partial charge >= 0.3 is 6.03 Å². The van der Waals surface area contributed by atoms with E-state index < -0.39 is 6.03 Å². The monoisotopic (exact) mass is 398 g/mol. The second kappa shape index (κ2) is 7.93. The molecule has 0 fully saturated rings.